The molecule has 5 heteroatoms. The van der Waals surface area contributed by atoms with Crippen LogP contribution >= 0.6 is 0 Å². The highest BCUT2D eigenvalue weighted by Gasteiger charge is 2.10. The van der Waals surface area contributed by atoms with Crippen molar-refractivity contribution in [2.75, 3.05) is 5.32 Å². The first kappa shape index (κ1) is 12.2. The zero-order valence-corrected chi connectivity index (χ0v) is 10.9. The highest BCUT2D eigenvalue weighted by Crippen LogP contribution is 2.18. The van der Waals surface area contributed by atoms with E-state index in [1.807, 2.05) is 24.4 Å². The number of aromatic amines is 2. The zero-order chi connectivity index (χ0) is 14.1. The molecular weight excluding hydrogens is 254 g/mol. The second kappa shape index (κ2) is 4.70. The number of aromatic nitrogens is 2. The van der Waals surface area contributed by atoms with E-state index in [-0.39, 0.29) is 11.0 Å². The number of hydrogen-bond donors (Lipinski definition) is 3. The van der Waals surface area contributed by atoms with Crippen molar-refractivity contribution in [1.82, 2.24) is 9.97 Å². The van der Waals surface area contributed by atoms with Gasteiger partial charge in [0.25, 0.3) is 5.91 Å². The van der Waals surface area contributed by atoms with Crippen LogP contribution in [0, 0.1) is 6.92 Å². The fourth-order valence-corrected chi connectivity index (χ4v) is 2.08. The van der Waals surface area contributed by atoms with Gasteiger partial charge in [0.15, 0.2) is 5.43 Å². The van der Waals surface area contributed by atoms with Gasteiger partial charge in [-0.05, 0) is 31.2 Å². The van der Waals surface area contributed by atoms with Crippen LogP contribution < -0.4 is 10.7 Å². The SMILES string of the molecule is Cc1cc(=O)c(C(=O)Nc2ccc3[nH]ccc3c2)c[nH]1. The lowest BCUT2D eigenvalue weighted by Gasteiger charge is -2.05. The van der Waals surface area contributed by atoms with E-state index in [1.165, 1.54) is 12.3 Å². The van der Waals surface area contributed by atoms with Crippen molar-refractivity contribution in [3.05, 3.63) is 64.2 Å². The molecule has 0 aliphatic rings. The molecule has 20 heavy (non-hydrogen) atoms. The summed E-state index contributed by atoms with van der Waals surface area (Å²) in [6.07, 6.45) is 3.27. The van der Waals surface area contributed by atoms with Crippen molar-refractivity contribution in [1.29, 1.82) is 0 Å². The minimum absolute atomic E-state index is 0.102. The van der Waals surface area contributed by atoms with Crippen LogP contribution in [-0.2, 0) is 0 Å². The molecule has 0 aliphatic heterocycles. The molecule has 2 heterocycles. The summed E-state index contributed by atoms with van der Waals surface area (Å²) in [6.45, 7) is 1.77. The summed E-state index contributed by atoms with van der Waals surface area (Å²) >= 11 is 0. The Morgan fingerprint density at radius 3 is 2.80 bits per heavy atom. The lowest BCUT2D eigenvalue weighted by Crippen LogP contribution is -2.21. The van der Waals surface area contributed by atoms with Crippen LogP contribution in [0.15, 0.2) is 47.5 Å². The van der Waals surface area contributed by atoms with Crippen LogP contribution in [0.2, 0.25) is 0 Å². The molecule has 5 nitrogen and oxygen atoms in total. The van der Waals surface area contributed by atoms with Gasteiger partial charge in [0.2, 0.25) is 0 Å². The van der Waals surface area contributed by atoms with Crippen LogP contribution in [0.5, 0.6) is 0 Å². The summed E-state index contributed by atoms with van der Waals surface area (Å²) in [5, 5.41) is 3.73. The van der Waals surface area contributed by atoms with Crippen molar-refractivity contribution >= 4 is 22.5 Å². The number of amides is 1. The molecule has 0 unspecified atom stereocenters. The molecule has 0 bridgehead atoms. The van der Waals surface area contributed by atoms with Gasteiger partial charge in [0.05, 0.1) is 0 Å². The first-order chi connectivity index (χ1) is 9.63. The van der Waals surface area contributed by atoms with E-state index >= 15 is 0 Å². The lowest BCUT2D eigenvalue weighted by atomic mass is 10.2. The van der Waals surface area contributed by atoms with Gasteiger partial charge in [-0.3, -0.25) is 9.59 Å². The molecule has 0 spiro atoms. The average Bonchev–Trinajstić information content (AvgIpc) is 2.85. The molecule has 0 aliphatic carbocycles. The Labute approximate surface area is 114 Å². The predicted octanol–water partition coefficient (Wildman–Crippen LogP) is 2.42. The predicted molar refractivity (Wildman–Crippen MR) is 78.1 cm³/mol. The second-order valence-electron chi connectivity index (χ2n) is 4.63. The minimum atomic E-state index is -0.416. The van der Waals surface area contributed by atoms with Crippen molar-refractivity contribution in [3.8, 4) is 0 Å². The van der Waals surface area contributed by atoms with E-state index in [2.05, 4.69) is 15.3 Å². The normalized spacial score (nSPS) is 10.7. The van der Waals surface area contributed by atoms with E-state index in [0.29, 0.717) is 5.69 Å². The molecule has 0 radical (unpaired) electrons. The number of rotatable bonds is 2. The average molecular weight is 267 g/mol. The Kier molecular flexibility index (Phi) is 2.87. The lowest BCUT2D eigenvalue weighted by molar-refractivity contribution is 0.102. The summed E-state index contributed by atoms with van der Waals surface area (Å²) in [6, 6.07) is 8.85. The highest BCUT2D eigenvalue weighted by atomic mass is 16.2. The van der Waals surface area contributed by atoms with Gasteiger partial charge in [-0.1, -0.05) is 0 Å². The molecule has 3 aromatic rings. The number of carbonyl (C=O) groups excluding carboxylic acids is 1. The number of carbonyl (C=O) groups is 1. The van der Waals surface area contributed by atoms with E-state index in [9.17, 15) is 9.59 Å². The third-order valence-corrected chi connectivity index (χ3v) is 3.11. The third kappa shape index (κ3) is 2.21. The largest absolute Gasteiger partial charge is 0.364 e. The third-order valence-electron chi connectivity index (χ3n) is 3.11. The molecule has 100 valence electrons. The Morgan fingerprint density at radius 2 is 2.00 bits per heavy atom. The van der Waals surface area contributed by atoms with Crippen LogP contribution in [-0.4, -0.2) is 15.9 Å². The van der Waals surface area contributed by atoms with Gasteiger partial charge in [0.1, 0.15) is 5.56 Å². The highest BCUT2D eigenvalue weighted by molar-refractivity contribution is 6.04. The number of benzene rings is 1. The summed E-state index contributed by atoms with van der Waals surface area (Å²) < 4.78 is 0. The van der Waals surface area contributed by atoms with E-state index in [4.69, 9.17) is 0 Å². The summed E-state index contributed by atoms with van der Waals surface area (Å²) in [4.78, 5) is 29.8. The van der Waals surface area contributed by atoms with Gasteiger partial charge in [-0.25, -0.2) is 0 Å². The molecule has 0 atom stereocenters. The fourth-order valence-electron chi connectivity index (χ4n) is 2.08. The maximum absolute atomic E-state index is 12.1. The first-order valence-corrected chi connectivity index (χ1v) is 6.21. The van der Waals surface area contributed by atoms with Gasteiger partial charge in [0, 0.05) is 40.7 Å². The van der Waals surface area contributed by atoms with Crippen LogP contribution in [0.4, 0.5) is 5.69 Å². The molecule has 0 saturated carbocycles. The molecule has 1 aromatic carbocycles. The van der Waals surface area contributed by atoms with Crippen LogP contribution in [0.1, 0.15) is 16.1 Å². The number of nitrogens with one attached hydrogen (secondary N) is 3. The summed E-state index contributed by atoms with van der Waals surface area (Å²) in [5.74, 6) is -0.416. The van der Waals surface area contributed by atoms with Crippen molar-refractivity contribution in [2.45, 2.75) is 6.92 Å². The number of pyridine rings is 1. The summed E-state index contributed by atoms with van der Waals surface area (Å²) in [5.41, 5.74) is 2.18. The van der Waals surface area contributed by atoms with E-state index in [1.54, 1.807) is 13.0 Å². The Morgan fingerprint density at radius 1 is 1.15 bits per heavy atom. The molecule has 2 aromatic heterocycles. The van der Waals surface area contributed by atoms with Crippen molar-refractivity contribution in [2.24, 2.45) is 0 Å². The topological polar surface area (TPSA) is 77.8 Å². The molecular formula is C15H13N3O2. The quantitative estimate of drug-likeness (QED) is 0.666. The van der Waals surface area contributed by atoms with Crippen LogP contribution in [0.25, 0.3) is 10.9 Å². The molecule has 3 rings (SSSR count). The van der Waals surface area contributed by atoms with Crippen molar-refractivity contribution < 1.29 is 4.79 Å². The minimum Gasteiger partial charge on any atom is -0.364 e. The Hall–Kier alpha value is -2.82. The Bertz CT molecular complexity index is 845. The zero-order valence-electron chi connectivity index (χ0n) is 10.9. The van der Waals surface area contributed by atoms with E-state index < -0.39 is 5.91 Å². The van der Waals surface area contributed by atoms with Gasteiger partial charge >= 0.3 is 0 Å². The molecule has 1 amide bonds. The molecule has 0 fully saturated rings. The van der Waals surface area contributed by atoms with Gasteiger partial charge in [-0.2, -0.15) is 0 Å². The standard InChI is InChI=1S/C15H13N3O2/c1-9-6-14(19)12(8-17-9)15(20)18-11-2-3-13-10(7-11)4-5-16-13/h2-8,16H,1H3,(H,17,19)(H,18,20). The number of hydrogen-bond acceptors (Lipinski definition) is 2. The number of fused-ring (bicyclic) bond motifs is 1. The smallest absolute Gasteiger partial charge is 0.261 e. The Balaban J connectivity index is 1.89. The maximum Gasteiger partial charge on any atom is 0.261 e. The number of aryl methyl sites for hydroxylation is 1. The van der Waals surface area contributed by atoms with Crippen molar-refractivity contribution in [3.63, 3.8) is 0 Å². The summed E-state index contributed by atoms with van der Waals surface area (Å²) in [7, 11) is 0. The molecule has 3 N–H and O–H groups in total. The number of anilines is 1. The maximum atomic E-state index is 12.1. The number of H-pyrrole nitrogens is 2. The van der Waals surface area contributed by atoms with E-state index in [0.717, 1.165) is 16.6 Å². The van der Waals surface area contributed by atoms with Gasteiger partial charge < -0.3 is 15.3 Å². The van der Waals surface area contributed by atoms with Gasteiger partial charge in [-0.15, -0.1) is 0 Å². The first-order valence-electron chi connectivity index (χ1n) is 6.21. The monoisotopic (exact) mass is 267 g/mol. The fraction of sp³-hybridized carbons (Fsp3) is 0.0667. The molecule has 0 saturated heterocycles. The second-order valence-corrected chi connectivity index (χ2v) is 4.63. The van der Waals surface area contributed by atoms with Crippen LogP contribution in [0.3, 0.4) is 0 Å².